The number of benzene rings is 2. The number of ether oxygens (including phenoxy) is 1. The Labute approximate surface area is 146 Å². The van der Waals surface area contributed by atoms with Gasteiger partial charge in [-0.2, -0.15) is 0 Å². The summed E-state index contributed by atoms with van der Waals surface area (Å²) >= 11 is 0. The van der Waals surface area contributed by atoms with E-state index in [4.69, 9.17) is 4.74 Å². The molecule has 0 aliphatic carbocycles. The fraction of sp³-hybridized carbons (Fsp3) is 0.188. The summed E-state index contributed by atoms with van der Waals surface area (Å²) in [5.74, 6) is 0.611. The summed E-state index contributed by atoms with van der Waals surface area (Å²) in [5.41, 5.74) is 6.03. The van der Waals surface area contributed by atoms with E-state index in [1.54, 1.807) is 19.2 Å². The molecule has 8 nitrogen and oxygen atoms in total. The van der Waals surface area contributed by atoms with Crippen LogP contribution in [0.1, 0.15) is 5.56 Å². The molecule has 0 aromatic heterocycles. The van der Waals surface area contributed by atoms with Crippen LogP contribution in [0.15, 0.2) is 53.4 Å². The van der Waals surface area contributed by atoms with Crippen molar-refractivity contribution in [2.24, 2.45) is 0 Å². The quantitative estimate of drug-likeness (QED) is 0.556. The van der Waals surface area contributed by atoms with Crippen LogP contribution in [0.2, 0.25) is 0 Å². The highest BCUT2D eigenvalue weighted by atomic mass is 32.2. The molecule has 0 aliphatic heterocycles. The first-order chi connectivity index (χ1) is 12.0. The predicted octanol–water partition coefficient (Wildman–Crippen LogP) is 1.43. The number of para-hydroxylation sites is 1. The number of urea groups is 1. The molecular weight excluding hydrogens is 344 g/mol. The van der Waals surface area contributed by atoms with Crippen LogP contribution in [0, 0.1) is 0 Å². The fourth-order valence-electron chi connectivity index (χ4n) is 2.10. The van der Waals surface area contributed by atoms with Crippen molar-refractivity contribution in [3.63, 3.8) is 0 Å². The van der Waals surface area contributed by atoms with Crippen molar-refractivity contribution in [1.29, 1.82) is 0 Å². The van der Waals surface area contributed by atoms with Gasteiger partial charge in [-0.1, -0.05) is 18.2 Å². The molecule has 0 saturated carbocycles. The Morgan fingerprint density at radius 3 is 2.40 bits per heavy atom. The second-order valence-electron chi connectivity index (χ2n) is 4.99. The summed E-state index contributed by atoms with van der Waals surface area (Å²) < 4.78 is 32.5. The third-order valence-corrected chi connectivity index (χ3v) is 4.72. The molecule has 0 atom stereocenters. The Hall–Kier alpha value is -2.62. The maximum absolute atomic E-state index is 12.4. The van der Waals surface area contributed by atoms with E-state index in [1.165, 1.54) is 31.4 Å². The summed E-state index contributed by atoms with van der Waals surface area (Å²) in [4.78, 5) is 11.5. The minimum absolute atomic E-state index is 0.0990. The summed E-state index contributed by atoms with van der Waals surface area (Å²) in [7, 11) is -0.596. The minimum atomic E-state index is -3.69. The maximum atomic E-state index is 12.4. The van der Waals surface area contributed by atoms with Gasteiger partial charge in [0.15, 0.2) is 0 Å². The van der Waals surface area contributed by atoms with Gasteiger partial charge in [0.05, 0.1) is 12.0 Å². The summed E-state index contributed by atoms with van der Waals surface area (Å²) in [5, 5.41) is 2.55. The number of rotatable bonds is 7. The van der Waals surface area contributed by atoms with E-state index >= 15 is 0 Å². The highest BCUT2D eigenvalue weighted by Crippen LogP contribution is 2.19. The number of carbonyl (C=O) groups excluding carboxylic acids is 1. The van der Waals surface area contributed by atoms with E-state index in [-0.39, 0.29) is 11.4 Å². The lowest BCUT2D eigenvalue weighted by atomic mass is 10.2. The largest absolute Gasteiger partial charge is 0.496 e. The minimum Gasteiger partial charge on any atom is -0.496 e. The summed E-state index contributed by atoms with van der Waals surface area (Å²) in [6.45, 7) is 0.108. The monoisotopic (exact) mass is 364 g/mol. The highest BCUT2D eigenvalue weighted by molar-refractivity contribution is 7.89. The third kappa shape index (κ3) is 5.18. The molecule has 0 radical (unpaired) electrons. The molecule has 0 heterocycles. The molecule has 9 heteroatoms. The number of methoxy groups -OCH3 is 1. The van der Waals surface area contributed by atoms with Crippen LogP contribution in [0.25, 0.3) is 0 Å². The van der Waals surface area contributed by atoms with Crippen molar-refractivity contribution in [3.8, 4) is 5.75 Å². The van der Waals surface area contributed by atoms with Gasteiger partial charge < -0.3 is 10.1 Å². The molecular formula is C16H20N4O4S. The van der Waals surface area contributed by atoms with Gasteiger partial charge in [-0.25, -0.2) is 23.4 Å². The Bertz CT molecular complexity index is 822. The van der Waals surface area contributed by atoms with Gasteiger partial charge in [-0.15, -0.1) is 0 Å². The van der Waals surface area contributed by atoms with E-state index in [2.05, 4.69) is 20.9 Å². The molecule has 0 aliphatic rings. The van der Waals surface area contributed by atoms with Gasteiger partial charge in [0, 0.05) is 24.8 Å². The van der Waals surface area contributed by atoms with Crippen molar-refractivity contribution >= 4 is 21.7 Å². The average molecular weight is 364 g/mol. The Morgan fingerprint density at radius 1 is 1.08 bits per heavy atom. The maximum Gasteiger partial charge on any atom is 0.333 e. The molecule has 2 aromatic carbocycles. The van der Waals surface area contributed by atoms with Crippen LogP contribution in [0.5, 0.6) is 5.75 Å². The standard InChI is InChI=1S/C16H20N4O4S/c1-17-20-16(21)19-13-7-9-14(10-8-13)25(22,23)18-11-12-5-3-4-6-15(12)24-2/h3-10,17-18H,11H2,1-2H3,(H2,19,20,21). The fourth-order valence-corrected chi connectivity index (χ4v) is 3.10. The molecule has 25 heavy (non-hydrogen) atoms. The number of anilines is 1. The second-order valence-corrected chi connectivity index (χ2v) is 6.76. The van der Waals surface area contributed by atoms with Crippen molar-refractivity contribution < 1.29 is 17.9 Å². The second kappa shape index (κ2) is 8.47. The highest BCUT2D eigenvalue weighted by Gasteiger charge is 2.15. The number of nitrogens with one attached hydrogen (secondary N) is 4. The van der Waals surface area contributed by atoms with E-state index in [1.807, 2.05) is 12.1 Å². The predicted molar refractivity (Wildman–Crippen MR) is 94.7 cm³/mol. The van der Waals surface area contributed by atoms with Gasteiger partial charge in [-0.3, -0.25) is 5.43 Å². The first-order valence-electron chi connectivity index (χ1n) is 7.41. The van der Waals surface area contributed by atoms with Crippen molar-refractivity contribution in [2.75, 3.05) is 19.5 Å². The molecule has 2 rings (SSSR count). The molecule has 0 fully saturated rings. The first kappa shape index (κ1) is 18.7. The summed E-state index contributed by atoms with van der Waals surface area (Å²) in [6.07, 6.45) is 0. The number of hydrazine groups is 1. The number of hydrogen-bond acceptors (Lipinski definition) is 5. The SMILES string of the molecule is CNNC(=O)Nc1ccc(S(=O)(=O)NCc2ccccc2OC)cc1. The van der Waals surface area contributed by atoms with Crippen LogP contribution >= 0.6 is 0 Å². The number of sulfonamides is 1. The smallest absolute Gasteiger partial charge is 0.333 e. The van der Waals surface area contributed by atoms with E-state index < -0.39 is 16.1 Å². The molecule has 4 N–H and O–H groups in total. The molecule has 0 saturated heterocycles. The molecule has 0 spiro atoms. The zero-order valence-electron chi connectivity index (χ0n) is 13.9. The first-order valence-corrected chi connectivity index (χ1v) is 8.90. The number of amides is 2. The Balaban J connectivity index is 2.05. The lowest BCUT2D eigenvalue weighted by Crippen LogP contribution is -2.37. The van der Waals surface area contributed by atoms with E-state index in [0.29, 0.717) is 11.4 Å². The van der Waals surface area contributed by atoms with Crippen molar-refractivity contribution in [1.82, 2.24) is 15.6 Å². The lowest BCUT2D eigenvalue weighted by Gasteiger charge is -2.11. The molecule has 134 valence electrons. The van der Waals surface area contributed by atoms with Gasteiger partial charge in [0.2, 0.25) is 10.0 Å². The third-order valence-electron chi connectivity index (χ3n) is 3.31. The normalized spacial score (nSPS) is 11.0. The van der Waals surface area contributed by atoms with Crippen LogP contribution in [-0.2, 0) is 16.6 Å². The van der Waals surface area contributed by atoms with E-state index in [0.717, 1.165) is 5.56 Å². The van der Waals surface area contributed by atoms with Gasteiger partial charge in [0.25, 0.3) is 0 Å². The lowest BCUT2D eigenvalue weighted by molar-refractivity contribution is 0.249. The van der Waals surface area contributed by atoms with Crippen molar-refractivity contribution in [2.45, 2.75) is 11.4 Å². The molecule has 2 aromatic rings. The van der Waals surface area contributed by atoms with Gasteiger partial charge in [0.1, 0.15) is 5.75 Å². The molecule has 2 amide bonds. The van der Waals surface area contributed by atoms with Crippen LogP contribution in [0.4, 0.5) is 10.5 Å². The topological polar surface area (TPSA) is 109 Å². The zero-order valence-corrected chi connectivity index (χ0v) is 14.7. The Kier molecular flexibility index (Phi) is 6.34. The van der Waals surface area contributed by atoms with Crippen molar-refractivity contribution in [3.05, 3.63) is 54.1 Å². The summed E-state index contributed by atoms with van der Waals surface area (Å²) in [6, 6.07) is 12.6. The number of hydrogen-bond donors (Lipinski definition) is 4. The molecule has 0 bridgehead atoms. The van der Waals surface area contributed by atoms with Crippen LogP contribution in [-0.4, -0.2) is 28.6 Å². The van der Waals surface area contributed by atoms with Gasteiger partial charge in [-0.05, 0) is 30.3 Å². The Morgan fingerprint density at radius 2 is 1.76 bits per heavy atom. The van der Waals surface area contributed by atoms with Crippen LogP contribution < -0.4 is 25.6 Å². The van der Waals surface area contributed by atoms with Gasteiger partial charge >= 0.3 is 6.03 Å². The number of carbonyl (C=O) groups is 1. The molecule has 0 unspecified atom stereocenters. The average Bonchev–Trinajstić information content (AvgIpc) is 2.61. The zero-order chi connectivity index (χ0) is 18.3. The van der Waals surface area contributed by atoms with E-state index in [9.17, 15) is 13.2 Å². The van der Waals surface area contributed by atoms with Crippen LogP contribution in [0.3, 0.4) is 0 Å².